The minimum atomic E-state index is -1.16. The number of benzene rings is 1. The van der Waals surface area contributed by atoms with E-state index in [1.165, 1.54) is 21.9 Å². The molecular formula is C29H37BF2N2O5. The Balaban J connectivity index is 1.33. The topological polar surface area (TPSA) is 79.3 Å². The molecule has 0 unspecified atom stereocenters. The molecule has 1 aromatic carbocycles. The Bertz CT molecular complexity index is 1190. The van der Waals surface area contributed by atoms with Crippen molar-refractivity contribution in [2.75, 3.05) is 6.54 Å². The molecular weight excluding hydrogens is 505 g/mol. The quantitative estimate of drug-likeness (QED) is 0.388. The summed E-state index contributed by atoms with van der Waals surface area (Å²) in [7, 11) is -0.827. The third-order valence-corrected chi connectivity index (χ3v) is 11.0. The molecule has 7 nitrogen and oxygen atoms in total. The van der Waals surface area contributed by atoms with Gasteiger partial charge in [0.05, 0.1) is 23.2 Å². The van der Waals surface area contributed by atoms with Crippen molar-refractivity contribution in [3.8, 4) is 0 Å². The molecule has 5 atom stereocenters. The van der Waals surface area contributed by atoms with Gasteiger partial charge in [-0.2, -0.15) is 0 Å². The summed E-state index contributed by atoms with van der Waals surface area (Å²) in [6.07, 6.45) is 3.46. The minimum Gasteiger partial charge on any atom is -0.465 e. The van der Waals surface area contributed by atoms with Gasteiger partial charge in [-0.1, -0.05) is 32.6 Å². The molecule has 2 amide bonds. The molecule has 3 aliphatic heterocycles. The van der Waals surface area contributed by atoms with E-state index in [4.69, 9.17) is 9.31 Å². The summed E-state index contributed by atoms with van der Waals surface area (Å²) in [6.45, 7) is 9.86. The van der Waals surface area contributed by atoms with Gasteiger partial charge in [0.1, 0.15) is 5.82 Å². The molecule has 0 aromatic heterocycles. The van der Waals surface area contributed by atoms with E-state index in [0.717, 1.165) is 18.4 Å². The van der Waals surface area contributed by atoms with Crippen molar-refractivity contribution in [3.63, 3.8) is 0 Å². The summed E-state index contributed by atoms with van der Waals surface area (Å²) in [5.41, 5.74) is -0.469. The van der Waals surface area contributed by atoms with Crippen molar-refractivity contribution in [3.05, 3.63) is 48.1 Å². The number of rotatable bonds is 7. The van der Waals surface area contributed by atoms with Crippen molar-refractivity contribution < 1.29 is 32.8 Å². The zero-order chi connectivity index (χ0) is 27.9. The van der Waals surface area contributed by atoms with Gasteiger partial charge in [0.25, 0.3) is 5.91 Å². The third kappa shape index (κ3) is 4.04. The van der Waals surface area contributed by atoms with Gasteiger partial charge in [0.15, 0.2) is 5.83 Å². The average Bonchev–Trinajstić information content (AvgIpc) is 3.54. The van der Waals surface area contributed by atoms with Gasteiger partial charge in [-0.25, -0.2) is 13.6 Å². The summed E-state index contributed by atoms with van der Waals surface area (Å²) in [6, 6.07) is 5.89. The van der Waals surface area contributed by atoms with Gasteiger partial charge in [-0.3, -0.25) is 4.79 Å². The minimum absolute atomic E-state index is 0.0197. The number of hydrogen-bond donors (Lipinski definition) is 1. The molecule has 3 aliphatic carbocycles. The Morgan fingerprint density at radius 1 is 1.21 bits per heavy atom. The van der Waals surface area contributed by atoms with Crippen LogP contribution in [0.25, 0.3) is 0 Å². The Morgan fingerprint density at radius 3 is 2.46 bits per heavy atom. The van der Waals surface area contributed by atoms with Gasteiger partial charge in [-0.15, -0.1) is 0 Å². The standard InChI is InChI=1S/C29H37BF2N2O5/c1-17(31)25(35)34-21-9-11-29(34,12-10-21)16-33(26(36)37)24(13-18-5-7-20(32)8-6-18)30-38-23-15-19-14-22(27(19,2)3)28(23,4)39-30/h5-8,19,21-24H,1,9-16H2,2-4H3,(H,36,37)/t19-,21?,22-,23+,24-,28-,29?/m0/s1. The van der Waals surface area contributed by atoms with Crippen LogP contribution in [0, 0.1) is 23.1 Å². The zero-order valence-electron chi connectivity index (χ0n) is 22.9. The molecule has 1 N–H and O–H groups in total. The number of carbonyl (C=O) groups excluding carboxylic acids is 1. The maximum absolute atomic E-state index is 14.0. The van der Waals surface area contributed by atoms with Crippen LogP contribution in [0.1, 0.15) is 64.9 Å². The summed E-state index contributed by atoms with van der Waals surface area (Å²) in [4.78, 5) is 28.6. The first kappa shape index (κ1) is 26.8. The van der Waals surface area contributed by atoms with Crippen LogP contribution in [0.15, 0.2) is 36.7 Å². The van der Waals surface area contributed by atoms with Crippen molar-refractivity contribution >= 4 is 19.1 Å². The fraction of sp³-hybridized carbons (Fsp3) is 0.655. The lowest BCUT2D eigenvalue weighted by atomic mass is 9.43. The van der Waals surface area contributed by atoms with Crippen LogP contribution in [-0.2, 0) is 20.5 Å². The summed E-state index contributed by atoms with van der Waals surface area (Å²) >= 11 is 0. The summed E-state index contributed by atoms with van der Waals surface area (Å²) < 4.78 is 41.0. The molecule has 210 valence electrons. The SMILES string of the molecule is C=C(F)C(=O)N1C2CCC1(CN(C(=O)O)[C@@H](Cc1ccc(F)cc1)B1O[C@@H]3C[C@@H]4C[C@@H](C4(C)C)[C@]3(C)O1)CC2. The van der Waals surface area contributed by atoms with E-state index < -0.39 is 42.0 Å². The summed E-state index contributed by atoms with van der Waals surface area (Å²) in [5, 5.41) is 10.6. The first-order valence-electron chi connectivity index (χ1n) is 14.1. The van der Waals surface area contributed by atoms with E-state index in [0.29, 0.717) is 37.5 Å². The number of carboxylic acid groups (broad SMARTS) is 1. The van der Waals surface area contributed by atoms with Crippen LogP contribution < -0.4 is 0 Å². The van der Waals surface area contributed by atoms with Gasteiger partial charge >= 0.3 is 13.2 Å². The molecule has 6 aliphatic rings. The lowest BCUT2D eigenvalue weighted by Gasteiger charge is -2.64. The fourth-order valence-corrected chi connectivity index (χ4v) is 8.70. The fourth-order valence-electron chi connectivity index (χ4n) is 8.70. The van der Waals surface area contributed by atoms with E-state index in [-0.39, 0.29) is 36.3 Å². The maximum atomic E-state index is 14.0. The molecule has 4 bridgehead atoms. The molecule has 39 heavy (non-hydrogen) atoms. The lowest BCUT2D eigenvalue weighted by Crippen LogP contribution is -2.65. The van der Waals surface area contributed by atoms with Crippen LogP contribution in [0.3, 0.4) is 0 Å². The Hall–Kier alpha value is -2.46. The normalized spacial score (nSPS) is 36.3. The zero-order valence-corrected chi connectivity index (χ0v) is 22.9. The number of amides is 2. The monoisotopic (exact) mass is 542 g/mol. The van der Waals surface area contributed by atoms with E-state index in [1.807, 2.05) is 0 Å². The second-order valence-electron chi connectivity index (χ2n) is 13.2. The van der Waals surface area contributed by atoms with Gasteiger partial charge in [0, 0.05) is 12.6 Å². The smallest absolute Gasteiger partial charge is 0.465 e. The summed E-state index contributed by atoms with van der Waals surface area (Å²) in [5.74, 6) is -2.06. The van der Waals surface area contributed by atoms with Crippen LogP contribution >= 0.6 is 0 Å². The van der Waals surface area contributed by atoms with Crippen LogP contribution in [0.5, 0.6) is 0 Å². The Morgan fingerprint density at radius 2 is 1.87 bits per heavy atom. The highest BCUT2D eigenvalue weighted by molar-refractivity contribution is 6.47. The highest BCUT2D eigenvalue weighted by Crippen LogP contribution is 2.66. The van der Waals surface area contributed by atoms with E-state index in [2.05, 4.69) is 27.4 Å². The van der Waals surface area contributed by atoms with Gasteiger partial charge in [-0.05, 0) is 86.8 Å². The molecule has 0 spiro atoms. The molecule has 3 saturated carbocycles. The molecule has 10 heteroatoms. The van der Waals surface area contributed by atoms with Gasteiger partial charge in [0.2, 0.25) is 0 Å². The predicted molar refractivity (Wildman–Crippen MR) is 141 cm³/mol. The van der Waals surface area contributed by atoms with E-state index >= 15 is 0 Å². The second-order valence-corrected chi connectivity index (χ2v) is 13.2. The number of carbonyl (C=O) groups is 2. The highest BCUT2D eigenvalue weighted by Gasteiger charge is 2.69. The third-order valence-electron chi connectivity index (χ3n) is 11.0. The second kappa shape index (κ2) is 9.03. The molecule has 3 saturated heterocycles. The predicted octanol–water partition coefficient (Wildman–Crippen LogP) is 4.99. The van der Waals surface area contributed by atoms with E-state index in [1.54, 1.807) is 12.1 Å². The maximum Gasteiger partial charge on any atom is 0.482 e. The molecule has 0 radical (unpaired) electrons. The lowest BCUT2D eigenvalue weighted by molar-refractivity contribution is -0.199. The van der Waals surface area contributed by atoms with Crippen molar-refractivity contribution in [2.45, 2.75) is 94.9 Å². The van der Waals surface area contributed by atoms with Crippen molar-refractivity contribution in [1.29, 1.82) is 0 Å². The van der Waals surface area contributed by atoms with Crippen molar-refractivity contribution in [1.82, 2.24) is 9.80 Å². The molecule has 7 rings (SSSR count). The van der Waals surface area contributed by atoms with Crippen LogP contribution in [-0.4, -0.2) is 69.8 Å². The average molecular weight is 542 g/mol. The number of fused-ring (bicyclic) bond motifs is 2. The first-order valence-corrected chi connectivity index (χ1v) is 14.1. The Labute approximate surface area is 228 Å². The number of halogens is 2. The van der Waals surface area contributed by atoms with Crippen molar-refractivity contribution in [2.24, 2.45) is 17.3 Å². The first-order chi connectivity index (χ1) is 18.4. The molecule has 6 fully saturated rings. The number of hydrogen-bond acceptors (Lipinski definition) is 4. The van der Waals surface area contributed by atoms with Crippen LogP contribution in [0.2, 0.25) is 0 Å². The molecule has 3 heterocycles. The van der Waals surface area contributed by atoms with Gasteiger partial charge < -0.3 is 24.2 Å². The highest BCUT2D eigenvalue weighted by atomic mass is 19.1. The molecule has 1 aromatic rings. The van der Waals surface area contributed by atoms with E-state index in [9.17, 15) is 23.5 Å². The Kier molecular flexibility index (Phi) is 6.19. The number of nitrogens with zero attached hydrogens (tertiary/aromatic N) is 2. The largest absolute Gasteiger partial charge is 0.482 e. The van der Waals surface area contributed by atoms with Crippen LogP contribution in [0.4, 0.5) is 13.6 Å².